The van der Waals surface area contributed by atoms with Crippen LogP contribution in [-0.4, -0.2) is 24.1 Å². The highest BCUT2D eigenvalue weighted by molar-refractivity contribution is 6.33. The number of rotatable bonds is 3. The molecule has 0 spiro atoms. The molecule has 1 aromatic heterocycles. The van der Waals surface area contributed by atoms with Gasteiger partial charge in [-0.05, 0) is 68.2 Å². The molecule has 0 bridgehead atoms. The van der Waals surface area contributed by atoms with Crippen LogP contribution in [-0.2, 0) is 0 Å². The zero-order valence-electron chi connectivity index (χ0n) is 14.8. The number of anilines is 2. The third-order valence-electron chi connectivity index (χ3n) is 5.07. The minimum absolute atomic E-state index is 0.455. The molecule has 1 aliphatic heterocycles. The molecular formula is C21H23ClN4. The van der Waals surface area contributed by atoms with Crippen molar-refractivity contribution in [2.75, 3.05) is 24.1 Å². The number of benzene rings is 2. The lowest BCUT2D eigenvalue weighted by Gasteiger charge is -2.26. The Morgan fingerprint density at radius 1 is 1.19 bits per heavy atom. The van der Waals surface area contributed by atoms with E-state index in [0.717, 1.165) is 64.1 Å². The van der Waals surface area contributed by atoms with Crippen LogP contribution in [0.2, 0.25) is 5.02 Å². The van der Waals surface area contributed by atoms with Crippen LogP contribution in [0, 0.1) is 6.92 Å². The lowest BCUT2D eigenvalue weighted by molar-refractivity contribution is 0.479. The second-order valence-electron chi connectivity index (χ2n) is 6.95. The molecular weight excluding hydrogens is 344 g/mol. The Balaban J connectivity index is 1.86. The summed E-state index contributed by atoms with van der Waals surface area (Å²) in [6.07, 6.45) is 4.06. The molecule has 0 unspecified atom stereocenters. The molecule has 2 aromatic carbocycles. The highest BCUT2D eigenvalue weighted by Gasteiger charge is 2.16. The van der Waals surface area contributed by atoms with Crippen LogP contribution in [0.15, 0.2) is 42.6 Å². The van der Waals surface area contributed by atoms with Gasteiger partial charge in [-0.15, -0.1) is 0 Å². The van der Waals surface area contributed by atoms with Gasteiger partial charge in [0.1, 0.15) is 5.82 Å². The summed E-state index contributed by atoms with van der Waals surface area (Å²) >= 11 is 6.52. The van der Waals surface area contributed by atoms with Crippen molar-refractivity contribution in [2.24, 2.45) is 0 Å². The summed E-state index contributed by atoms with van der Waals surface area (Å²) in [5.41, 5.74) is 10.4. The molecule has 0 atom stereocenters. The van der Waals surface area contributed by atoms with Gasteiger partial charge in [-0.2, -0.15) is 0 Å². The van der Waals surface area contributed by atoms with E-state index in [9.17, 15) is 0 Å². The highest BCUT2D eigenvalue weighted by atomic mass is 35.5. The first-order valence-electron chi connectivity index (χ1n) is 9.04. The molecule has 4 N–H and O–H groups in total. The number of hydrogen-bond acceptors (Lipinski definition) is 4. The summed E-state index contributed by atoms with van der Waals surface area (Å²) in [5, 5.41) is 10.1. The molecule has 3 aromatic rings. The summed E-state index contributed by atoms with van der Waals surface area (Å²) in [7, 11) is 0. The van der Waals surface area contributed by atoms with Gasteiger partial charge in [0.15, 0.2) is 0 Å². The summed E-state index contributed by atoms with van der Waals surface area (Å²) in [6, 6.07) is 12.8. The average Bonchev–Trinajstić information content (AvgIpc) is 2.63. The van der Waals surface area contributed by atoms with Gasteiger partial charge >= 0.3 is 0 Å². The standard InChI is InChI=1S/C21H23ClN4/c1-13-3-2-4-18(22)21(13)14-9-15-12-25-20(23)11-17(15)19(10-14)26-16-5-7-24-8-6-16/h2-4,9-12,16,24,26H,5-8H2,1H3,(H2,23,25). The van der Waals surface area contributed by atoms with E-state index >= 15 is 0 Å². The number of nitrogen functional groups attached to an aromatic ring is 1. The Morgan fingerprint density at radius 3 is 2.77 bits per heavy atom. The highest BCUT2D eigenvalue weighted by Crippen LogP contribution is 2.37. The van der Waals surface area contributed by atoms with E-state index in [1.165, 1.54) is 0 Å². The van der Waals surface area contributed by atoms with E-state index < -0.39 is 0 Å². The first-order chi connectivity index (χ1) is 12.6. The van der Waals surface area contributed by atoms with Crippen molar-refractivity contribution in [2.45, 2.75) is 25.8 Å². The van der Waals surface area contributed by atoms with Gasteiger partial charge in [0, 0.05) is 39.3 Å². The van der Waals surface area contributed by atoms with Gasteiger partial charge in [0.25, 0.3) is 0 Å². The smallest absolute Gasteiger partial charge is 0.123 e. The Labute approximate surface area is 158 Å². The Bertz CT molecular complexity index is 928. The van der Waals surface area contributed by atoms with Crippen molar-refractivity contribution in [1.29, 1.82) is 0 Å². The minimum Gasteiger partial charge on any atom is -0.384 e. The number of halogens is 1. The first-order valence-corrected chi connectivity index (χ1v) is 9.41. The Kier molecular flexibility index (Phi) is 4.70. The number of nitrogens with two attached hydrogens (primary N) is 1. The van der Waals surface area contributed by atoms with E-state index in [-0.39, 0.29) is 0 Å². The van der Waals surface area contributed by atoms with Gasteiger partial charge in [-0.3, -0.25) is 0 Å². The number of nitrogens with zero attached hydrogens (tertiary/aromatic N) is 1. The number of aromatic nitrogens is 1. The van der Waals surface area contributed by atoms with Crippen LogP contribution >= 0.6 is 11.6 Å². The number of aryl methyl sites for hydroxylation is 1. The number of nitrogens with one attached hydrogen (secondary N) is 2. The SMILES string of the molecule is Cc1cccc(Cl)c1-c1cc(NC2CCNCC2)c2cc(N)ncc2c1. The van der Waals surface area contributed by atoms with E-state index in [4.69, 9.17) is 17.3 Å². The second-order valence-corrected chi connectivity index (χ2v) is 7.36. The van der Waals surface area contributed by atoms with E-state index in [0.29, 0.717) is 11.9 Å². The lowest BCUT2D eigenvalue weighted by Crippen LogP contribution is -2.35. The van der Waals surface area contributed by atoms with Crippen LogP contribution in [0.1, 0.15) is 18.4 Å². The monoisotopic (exact) mass is 366 g/mol. The number of fused-ring (bicyclic) bond motifs is 1. The van der Waals surface area contributed by atoms with Crippen LogP contribution in [0.4, 0.5) is 11.5 Å². The summed E-state index contributed by atoms with van der Waals surface area (Å²) in [6.45, 7) is 4.18. The van der Waals surface area contributed by atoms with Crippen molar-refractivity contribution in [3.8, 4) is 11.1 Å². The Morgan fingerprint density at radius 2 is 2.00 bits per heavy atom. The van der Waals surface area contributed by atoms with Crippen LogP contribution in [0.25, 0.3) is 21.9 Å². The molecule has 0 radical (unpaired) electrons. The molecule has 1 fully saturated rings. The van der Waals surface area contributed by atoms with Crippen LogP contribution < -0.4 is 16.4 Å². The van der Waals surface area contributed by atoms with Crippen molar-refractivity contribution in [3.05, 3.63) is 53.2 Å². The zero-order chi connectivity index (χ0) is 18.1. The second kappa shape index (κ2) is 7.14. The first kappa shape index (κ1) is 17.1. The van der Waals surface area contributed by atoms with E-state index in [1.807, 2.05) is 24.4 Å². The third-order valence-corrected chi connectivity index (χ3v) is 5.38. The van der Waals surface area contributed by atoms with Crippen molar-refractivity contribution < 1.29 is 0 Å². The average molecular weight is 367 g/mol. The van der Waals surface area contributed by atoms with Gasteiger partial charge < -0.3 is 16.4 Å². The fourth-order valence-corrected chi connectivity index (χ4v) is 4.05. The third kappa shape index (κ3) is 3.35. The molecule has 2 heterocycles. The van der Waals surface area contributed by atoms with Crippen molar-refractivity contribution in [3.63, 3.8) is 0 Å². The fraction of sp³-hybridized carbons (Fsp3) is 0.286. The maximum absolute atomic E-state index is 6.52. The number of piperidine rings is 1. The van der Waals surface area contributed by atoms with Gasteiger partial charge in [0.05, 0.1) is 0 Å². The molecule has 4 rings (SSSR count). The van der Waals surface area contributed by atoms with Gasteiger partial charge in [-0.25, -0.2) is 4.98 Å². The van der Waals surface area contributed by atoms with E-state index in [1.54, 1.807) is 0 Å². The van der Waals surface area contributed by atoms with Crippen LogP contribution in [0.3, 0.4) is 0 Å². The topological polar surface area (TPSA) is 63.0 Å². The Hall–Kier alpha value is -2.30. The minimum atomic E-state index is 0.455. The zero-order valence-corrected chi connectivity index (χ0v) is 15.6. The maximum Gasteiger partial charge on any atom is 0.123 e. The quantitative estimate of drug-likeness (QED) is 0.633. The molecule has 1 aliphatic rings. The summed E-state index contributed by atoms with van der Waals surface area (Å²) in [4.78, 5) is 4.28. The van der Waals surface area contributed by atoms with Gasteiger partial charge in [0.2, 0.25) is 0 Å². The number of pyridine rings is 1. The van der Waals surface area contributed by atoms with E-state index in [2.05, 4.69) is 40.7 Å². The molecule has 26 heavy (non-hydrogen) atoms. The predicted molar refractivity (Wildman–Crippen MR) is 111 cm³/mol. The normalized spacial score (nSPS) is 15.3. The van der Waals surface area contributed by atoms with Crippen molar-refractivity contribution >= 4 is 33.9 Å². The molecule has 0 saturated carbocycles. The largest absolute Gasteiger partial charge is 0.384 e. The predicted octanol–water partition coefficient (Wildman–Crippen LogP) is 4.61. The molecule has 1 saturated heterocycles. The molecule has 0 aliphatic carbocycles. The lowest BCUT2D eigenvalue weighted by atomic mass is 9.96. The molecule has 0 amide bonds. The molecule has 4 nitrogen and oxygen atoms in total. The van der Waals surface area contributed by atoms with Crippen LogP contribution in [0.5, 0.6) is 0 Å². The number of hydrogen-bond donors (Lipinski definition) is 3. The van der Waals surface area contributed by atoms with Crippen molar-refractivity contribution in [1.82, 2.24) is 10.3 Å². The fourth-order valence-electron chi connectivity index (χ4n) is 3.72. The van der Waals surface area contributed by atoms with Gasteiger partial charge in [-0.1, -0.05) is 23.7 Å². The summed E-state index contributed by atoms with van der Waals surface area (Å²) < 4.78 is 0. The molecule has 134 valence electrons. The maximum atomic E-state index is 6.52. The molecule has 5 heteroatoms. The summed E-state index contributed by atoms with van der Waals surface area (Å²) in [5.74, 6) is 0.535.